The number of rotatable bonds is 10. The van der Waals surface area contributed by atoms with Crippen molar-refractivity contribution in [3.63, 3.8) is 0 Å². The molecule has 1 unspecified atom stereocenters. The number of guanidine groups is 1. The van der Waals surface area contributed by atoms with Crippen LogP contribution in [-0.4, -0.2) is 43.2 Å². The monoisotopic (exact) mass is 562 g/mol. The number of halogens is 3. The summed E-state index contributed by atoms with van der Waals surface area (Å²) >= 11 is 0. The Hall–Kier alpha value is -2.47. The molecule has 0 spiro atoms. The topological polar surface area (TPSA) is 95.0 Å². The maximum Gasteiger partial charge on any atom is 0.387 e. The molecule has 1 atom stereocenters. The molecule has 176 valence electrons. The predicted octanol–water partition coefficient (Wildman–Crippen LogP) is 3.44. The third-order valence-corrected chi connectivity index (χ3v) is 4.24. The molecular formula is C22H29F2IN4O3. The summed E-state index contributed by atoms with van der Waals surface area (Å²) in [6.45, 7) is 2.59. The molecule has 0 heterocycles. The van der Waals surface area contributed by atoms with Gasteiger partial charge in [0.15, 0.2) is 5.96 Å². The summed E-state index contributed by atoms with van der Waals surface area (Å²) in [6, 6.07) is 13.0. The lowest BCUT2D eigenvalue weighted by atomic mass is 10.1. The van der Waals surface area contributed by atoms with Crippen LogP contribution >= 0.6 is 24.0 Å². The summed E-state index contributed by atoms with van der Waals surface area (Å²) in [5, 5.41) is 19.3. The van der Waals surface area contributed by atoms with E-state index in [0.717, 1.165) is 5.56 Å². The van der Waals surface area contributed by atoms with E-state index < -0.39 is 12.7 Å². The van der Waals surface area contributed by atoms with Crippen LogP contribution in [0.3, 0.4) is 0 Å². The Balaban J connectivity index is 0.00000512. The van der Waals surface area contributed by atoms with Crippen molar-refractivity contribution in [3.05, 3.63) is 65.2 Å². The van der Waals surface area contributed by atoms with Gasteiger partial charge in [0, 0.05) is 25.2 Å². The normalized spacial score (nSPS) is 12.0. The molecule has 0 bridgehead atoms. The highest BCUT2D eigenvalue weighted by Gasteiger charge is 2.10. The summed E-state index contributed by atoms with van der Waals surface area (Å²) < 4.78 is 28.8. The molecule has 0 aliphatic heterocycles. The van der Waals surface area contributed by atoms with Gasteiger partial charge in [-0.15, -0.1) is 24.0 Å². The number of nitrogens with one attached hydrogen (secondary N) is 3. The van der Waals surface area contributed by atoms with E-state index in [1.54, 1.807) is 18.2 Å². The van der Waals surface area contributed by atoms with E-state index in [4.69, 9.17) is 0 Å². The van der Waals surface area contributed by atoms with Crippen LogP contribution in [-0.2, 0) is 6.54 Å². The summed E-state index contributed by atoms with van der Waals surface area (Å²) in [5.74, 6) is 0.401. The molecule has 0 saturated carbocycles. The van der Waals surface area contributed by atoms with Crippen molar-refractivity contribution in [1.82, 2.24) is 16.0 Å². The van der Waals surface area contributed by atoms with Crippen LogP contribution in [0, 0.1) is 0 Å². The summed E-state index contributed by atoms with van der Waals surface area (Å²) in [5.41, 5.74) is 2.00. The van der Waals surface area contributed by atoms with Gasteiger partial charge < -0.3 is 25.8 Å². The number of alkyl halides is 2. The minimum atomic E-state index is -2.89. The first-order valence-corrected chi connectivity index (χ1v) is 10.0. The van der Waals surface area contributed by atoms with Crippen molar-refractivity contribution in [2.45, 2.75) is 33.1 Å². The number of aliphatic imine (C=N–C) groups is 1. The van der Waals surface area contributed by atoms with E-state index in [-0.39, 0.29) is 42.2 Å². The van der Waals surface area contributed by atoms with Gasteiger partial charge in [0.2, 0.25) is 0 Å². The van der Waals surface area contributed by atoms with E-state index in [0.29, 0.717) is 36.7 Å². The Kier molecular flexibility index (Phi) is 12.5. The SMILES string of the molecule is CCNC(=O)c1cccc(CN=C(NCC)NCC(O)c2ccc(OC(F)F)cc2)c1.I. The smallest absolute Gasteiger partial charge is 0.387 e. The zero-order chi connectivity index (χ0) is 22.6. The number of amides is 1. The minimum absolute atomic E-state index is 0. The van der Waals surface area contributed by atoms with E-state index in [1.807, 2.05) is 19.9 Å². The first kappa shape index (κ1) is 27.6. The molecule has 4 N–H and O–H groups in total. The molecule has 0 fully saturated rings. The lowest BCUT2D eigenvalue weighted by Gasteiger charge is -2.16. The van der Waals surface area contributed by atoms with Gasteiger partial charge >= 0.3 is 6.61 Å². The maximum absolute atomic E-state index is 12.2. The predicted molar refractivity (Wildman–Crippen MR) is 131 cm³/mol. The first-order chi connectivity index (χ1) is 14.9. The van der Waals surface area contributed by atoms with Crippen LogP contribution in [0.15, 0.2) is 53.5 Å². The quantitative estimate of drug-likeness (QED) is 0.202. The molecule has 0 radical (unpaired) electrons. The number of carbonyl (C=O) groups is 1. The van der Waals surface area contributed by atoms with Crippen molar-refractivity contribution in [2.75, 3.05) is 19.6 Å². The lowest BCUT2D eigenvalue weighted by Crippen LogP contribution is -2.39. The molecular weight excluding hydrogens is 533 g/mol. The minimum Gasteiger partial charge on any atom is -0.435 e. The van der Waals surface area contributed by atoms with Crippen molar-refractivity contribution in [1.29, 1.82) is 0 Å². The number of aliphatic hydroxyl groups excluding tert-OH is 1. The Labute approximate surface area is 203 Å². The van der Waals surface area contributed by atoms with Crippen molar-refractivity contribution >= 4 is 35.8 Å². The second kappa shape index (κ2) is 14.6. The number of aliphatic hydroxyl groups is 1. The highest BCUT2D eigenvalue weighted by Crippen LogP contribution is 2.19. The van der Waals surface area contributed by atoms with Crippen LogP contribution < -0.4 is 20.7 Å². The number of hydrogen-bond acceptors (Lipinski definition) is 4. The van der Waals surface area contributed by atoms with Crippen LogP contribution in [0.1, 0.15) is 41.4 Å². The van der Waals surface area contributed by atoms with Crippen molar-refractivity contribution < 1.29 is 23.4 Å². The van der Waals surface area contributed by atoms with E-state index in [1.165, 1.54) is 24.3 Å². The van der Waals surface area contributed by atoms with Gasteiger partial charge in [-0.2, -0.15) is 8.78 Å². The van der Waals surface area contributed by atoms with Crippen LogP contribution in [0.4, 0.5) is 8.78 Å². The molecule has 2 rings (SSSR count). The van der Waals surface area contributed by atoms with Crippen LogP contribution in [0.25, 0.3) is 0 Å². The fourth-order valence-corrected chi connectivity index (χ4v) is 2.77. The van der Waals surface area contributed by atoms with Gasteiger partial charge in [-0.05, 0) is 49.2 Å². The molecule has 0 aliphatic carbocycles. The largest absolute Gasteiger partial charge is 0.435 e. The van der Waals surface area contributed by atoms with Crippen molar-refractivity contribution in [3.8, 4) is 5.75 Å². The Morgan fingerprint density at radius 1 is 1.06 bits per heavy atom. The van der Waals surface area contributed by atoms with Gasteiger partial charge in [0.1, 0.15) is 5.75 Å². The molecule has 2 aromatic carbocycles. The molecule has 2 aromatic rings. The Bertz CT molecular complexity index is 867. The fraction of sp³-hybridized carbons (Fsp3) is 0.364. The summed E-state index contributed by atoms with van der Waals surface area (Å²) in [6.07, 6.45) is -0.870. The number of benzene rings is 2. The van der Waals surface area contributed by atoms with Crippen LogP contribution in [0.5, 0.6) is 5.75 Å². The number of hydrogen-bond donors (Lipinski definition) is 4. The number of ether oxygens (including phenoxy) is 1. The highest BCUT2D eigenvalue weighted by atomic mass is 127. The maximum atomic E-state index is 12.2. The van der Waals surface area contributed by atoms with Gasteiger partial charge in [-0.25, -0.2) is 4.99 Å². The lowest BCUT2D eigenvalue weighted by molar-refractivity contribution is -0.0498. The highest BCUT2D eigenvalue weighted by molar-refractivity contribution is 14.0. The third kappa shape index (κ3) is 9.35. The summed E-state index contributed by atoms with van der Waals surface area (Å²) in [7, 11) is 0. The Morgan fingerprint density at radius 2 is 1.75 bits per heavy atom. The number of carbonyl (C=O) groups excluding carboxylic acids is 1. The molecule has 1 amide bonds. The van der Waals surface area contributed by atoms with E-state index >= 15 is 0 Å². The fourth-order valence-electron chi connectivity index (χ4n) is 2.77. The average Bonchev–Trinajstić information content (AvgIpc) is 2.76. The molecule has 0 aliphatic rings. The zero-order valence-corrected chi connectivity index (χ0v) is 20.3. The molecule has 0 saturated heterocycles. The first-order valence-electron chi connectivity index (χ1n) is 10.0. The summed E-state index contributed by atoms with van der Waals surface area (Å²) in [4.78, 5) is 16.5. The van der Waals surface area contributed by atoms with Gasteiger partial charge in [0.25, 0.3) is 5.91 Å². The van der Waals surface area contributed by atoms with Gasteiger partial charge in [-0.3, -0.25) is 4.79 Å². The zero-order valence-electron chi connectivity index (χ0n) is 18.0. The molecule has 0 aromatic heterocycles. The standard InChI is InChI=1S/C22H28F2N4O3.HI/c1-3-25-20(30)17-7-5-6-15(12-17)13-27-22(26-4-2)28-14-19(29)16-8-10-18(11-9-16)31-21(23)24;/h5-12,19,21,29H,3-4,13-14H2,1-2H3,(H,25,30)(H2,26,27,28);1H. The molecule has 32 heavy (non-hydrogen) atoms. The molecule has 7 nitrogen and oxygen atoms in total. The Morgan fingerprint density at radius 3 is 2.38 bits per heavy atom. The second-order valence-corrected chi connectivity index (χ2v) is 6.60. The van der Waals surface area contributed by atoms with Gasteiger partial charge in [0.05, 0.1) is 12.6 Å². The van der Waals surface area contributed by atoms with E-state index in [2.05, 4.69) is 25.7 Å². The number of nitrogens with zero attached hydrogens (tertiary/aromatic N) is 1. The van der Waals surface area contributed by atoms with E-state index in [9.17, 15) is 18.7 Å². The van der Waals surface area contributed by atoms with Crippen LogP contribution in [0.2, 0.25) is 0 Å². The van der Waals surface area contributed by atoms with Crippen molar-refractivity contribution in [2.24, 2.45) is 4.99 Å². The second-order valence-electron chi connectivity index (χ2n) is 6.60. The van der Waals surface area contributed by atoms with Gasteiger partial charge in [-0.1, -0.05) is 24.3 Å². The third-order valence-electron chi connectivity index (χ3n) is 4.24. The average molecular weight is 562 g/mol. The molecule has 10 heteroatoms.